The van der Waals surface area contributed by atoms with E-state index in [1.807, 2.05) is 57.2 Å². The van der Waals surface area contributed by atoms with Crippen molar-refractivity contribution in [2.75, 3.05) is 0 Å². The van der Waals surface area contributed by atoms with Crippen molar-refractivity contribution in [2.45, 2.75) is 104 Å². The quantitative estimate of drug-likeness (QED) is 0.243. The number of para-hydroxylation sites is 1. The Balaban J connectivity index is 1.63. The molecule has 1 N–H and O–H groups in total. The van der Waals surface area contributed by atoms with Crippen molar-refractivity contribution in [1.82, 2.24) is 5.32 Å². The molecule has 1 aliphatic carbocycles. The van der Waals surface area contributed by atoms with Gasteiger partial charge in [-0.3, -0.25) is 4.79 Å². The Bertz CT molecular complexity index is 1550. The second-order valence-corrected chi connectivity index (χ2v) is 13.6. The zero-order valence-electron chi connectivity index (χ0n) is 27.6. The van der Waals surface area contributed by atoms with E-state index in [2.05, 4.69) is 17.5 Å². The van der Waals surface area contributed by atoms with E-state index < -0.39 is 29.2 Å². The summed E-state index contributed by atoms with van der Waals surface area (Å²) in [5.41, 5.74) is 4.20. The van der Waals surface area contributed by atoms with E-state index in [4.69, 9.17) is 14.2 Å². The molecule has 7 heteroatoms. The Hall–Kier alpha value is -4.13. The van der Waals surface area contributed by atoms with Gasteiger partial charge in [0.25, 0.3) is 0 Å². The van der Waals surface area contributed by atoms with Crippen LogP contribution in [0.2, 0.25) is 0 Å². The van der Waals surface area contributed by atoms with Gasteiger partial charge < -0.3 is 19.5 Å². The van der Waals surface area contributed by atoms with Crippen molar-refractivity contribution in [3.05, 3.63) is 94.8 Å². The Kier molecular flexibility index (Phi) is 10.7. The van der Waals surface area contributed by atoms with Crippen molar-refractivity contribution < 1.29 is 28.2 Å². The number of carbonyl (C=O) groups is 2. The number of ether oxygens (including phenoxy) is 3. The van der Waals surface area contributed by atoms with Crippen molar-refractivity contribution in [1.29, 1.82) is 0 Å². The van der Waals surface area contributed by atoms with Crippen LogP contribution in [0.5, 0.6) is 5.75 Å². The average Bonchev–Trinajstić information content (AvgIpc) is 2.95. The largest absolute Gasteiger partial charge is 0.489 e. The Morgan fingerprint density at radius 1 is 0.889 bits per heavy atom. The first-order valence-corrected chi connectivity index (χ1v) is 15.7. The summed E-state index contributed by atoms with van der Waals surface area (Å²) in [6, 6.07) is 18.2. The number of hydrogen-bond donors (Lipinski definition) is 1. The first-order chi connectivity index (χ1) is 21.2. The number of esters is 1. The lowest BCUT2D eigenvalue weighted by molar-refractivity contribution is -0.153. The van der Waals surface area contributed by atoms with Gasteiger partial charge in [0, 0.05) is 16.7 Å². The molecule has 0 fully saturated rings. The maximum atomic E-state index is 16.2. The van der Waals surface area contributed by atoms with Gasteiger partial charge in [0.2, 0.25) is 0 Å². The average molecular weight is 616 g/mol. The maximum Gasteiger partial charge on any atom is 0.408 e. The molecule has 0 aromatic heterocycles. The monoisotopic (exact) mass is 615 g/mol. The van der Waals surface area contributed by atoms with Gasteiger partial charge in [0.1, 0.15) is 29.4 Å². The third-order valence-corrected chi connectivity index (χ3v) is 7.32. The summed E-state index contributed by atoms with van der Waals surface area (Å²) in [7, 11) is 0. The summed E-state index contributed by atoms with van der Waals surface area (Å²) in [4.78, 5) is 25.0. The van der Waals surface area contributed by atoms with E-state index in [-0.39, 0.29) is 19.0 Å². The lowest BCUT2D eigenvalue weighted by Crippen LogP contribution is -2.34. The van der Waals surface area contributed by atoms with Crippen LogP contribution in [-0.2, 0) is 27.3 Å². The molecule has 3 aromatic rings. The molecule has 1 atom stereocenters. The molecule has 240 valence electrons. The van der Waals surface area contributed by atoms with Gasteiger partial charge in [-0.1, -0.05) is 42.5 Å². The molecular formula is C38H46FNO5. The third-order valence-electron chi connectivity index (χ3n) is 7.32. The molecule has 4 rings (SSSR count). The van der Waals surface area contributed by atoms with E-state index in [9.17, 15) is 9.59 Å². The van der Waals surface area contributed by atoms with Gasteiger partial charge in [-0.2, -0.15) is 0 Å². The molecule has 45 heavy (non-hydrogen) atoms. The van der Waals surface area contributed by atoms with E-state index in [0.29, 0.717) is 16.9 Å². The molecule has 1 amide bonds. The molecule has 0 spiro atoms. The van der Waals surface area contributed by atoms with Crippen LogP contribution >= 0.6 is 0 Å². The van der Waals surface area contributed by atoms with Gasteiger partial charge in [-0.25, -0.2) is 9.18 Å². The molecule has 0 bridgehead atoms. The van der Waals surface area contributed by atoms with Crippen molar-refractivity contribution >= 4 is 17.6 Å². The number of alkyl carbamates (subject to hydrolysis) is 1. The minimum atomic E-state index is -0.660. The molecule has 0 radical (unpaired) electrons. The highest BCUT2D eigenvalue weighted by atomic mass is 19.1. The SMILES string of the molecule is CC(NC(=O)OC(C)(C)C)c1cccc(-c2cc(COc3ccccc3CC(=O)OC(C)(C)C)cc(C3=CCCCC3)c2)c1F. The van der Waals surface area contributed by atoms with Crippen LogP contribution in [0.15, 0.2) is 66.7 Å². The van der Waals surface area contributed by atoms with Crippen LogP contribution in [0.3, 0.4) is 0 Å². The highest BCUT2D eigenvalue weighted by Crippen LogP contribution is 2.34. The van der Waals surface area contributed by atoms with Crippen LogP contribution in [0.25, 0.3) is 16.7 Å². The molecule has 0 saturated heterocycles. The number of benzene rings is 3. The molecule has 6 nitrogen and oxygen atoms in total. The summed E-state index contributed by atoms with van der Waals surface area (Å²) < 4.78 is 33.3. The second-order valence-electron chi connectivity index (χ2n) is 13.6. The predicted octanol–water partition coefficient (Wildman–Crippen LogP) is 9.50. The highest BCUT2D eigenvalue weighted by molar-refractivity contribution is 5.76. The molecule has 1 unspecified atom stereocenters. The summed E-state index contributed by atoms with van der Waals surface area (Å²) in [5.74, 6) is -0.120. The zero-order chi connectivity index (χ0) is 32.8. The fourth-order valence-corrected chi connectivity index (χ4v) is 5.37. The number of rotatable bonds is 9. The van der Waals surface area contributed by atoms with Crippen molar-refractivity contribution in [3.63, 3.8) is 0 Å². The normalized spacial score (nSPS) is 14.3. The van der Waals surface area contributed by atoms with E-state index in [0.717, 1.165) is 47.9 Å². The molecule has 3 aromatic carbocycles. The number of hydrogen-bond acceptors (Lipinski definition) is 5. The fraction of sp³-hybridized carbons (Fsp3) is 0.421. The van der Waals surface area contributed by atoms with Gasteiger partial charge in [-0.05, 0) is 121 Å². The summed E-state index contributed by atoms with van der Waals surface area (Å²) in [5, 5.41) is 2.75. The lowest BCUT2D eigenvalue weighted by atomic mass is 9.89. The second kappa shape index (κ2) is 14.3. The smallest absolute Gasteiger partial charge is 0.408 e. The number of amides is 1. The first-order valence-electron chi connectivity index (χ1n) is 15.7. The van der Waals surface area contributed by atoms with Crippen LogP contribution in [-0.4, -0.2) is 23.3 Å². The minimum Gasteiger partial charge on any atom is -0.489 e. The van der Waals surface area contributed by atoms with Crippen LogP contribution in [0.1, 0.15) is 102 Å². The van der Waals surface area contributed by atoms with Gasteiger partial charge >= 0.3 is 12.1 Å². The summed E-state index contributed by atoms with van der Waals surface area (Å²) in [6.45, 7) is 12.9. The topological polar surface area (TPSA) is 73.9 Å². The summed E-state index contributed by atoms with van der Waals surface area (Å²) in [6.07, 6.45) is 6.01. The number of carbonyl (C=O) groups excluding carboxylic acids is 2. The van der Waals surface area contributed by atoms with Gasteiger partial charge in [0.05, 0.1) is 12.5 Å². The molecule has 0 saturated carbocycles. The lowest BCUT2D eigenvalue weighted by Gasteiger charge is -2.23. The number of nitrogens with one attached hydrogen (secondary N) is 1. The first kappa shape index (κ1) is 33.8. The number of halogens is 1. The Morgan fingerprint density at radius 2 is 1.60 bits per heavy atom. The highest BCUT2D eigenvalue weighted by Gasteiger charge is 2.22. The Labute approximate surface area is 267 Å². The van der Waals surface area contributed by atoms with E-state index >= 15 is 4.39 Å². The van der Waals surface area contributed by atoms with E-state index in [1.165, 1.54) is 5.57 Å². The fourth-order valence-electron chi connectivity index (χ4n) is 5.37. The van der Waals surface area contributed by atoms with Crippen LogP contribution in [0, 0.1) is 5.82 Å². The Morgan fingerprint density at radius 3 is 2.29 bits per heavy atom. The third kappa shape index (κ3) is 9.93. The van der Waals surface area contributed by atoms with Crippen LogP contribution < -0.4 is 10.1 Å². The van der Waals surface area contributed by atoms with Crippen molar-refractivity contribution in [3.8, 4) is 16.9 Å². The molecular weight excluding hydrogens is 569 g/mol. The maximum absolute atomic E-state index is 16.2. The van der Waals surface area contributed by atoms with Gasteiger partial charge in [-0.15, -0.1) is 0 Å². The molecule has 0 heterocycles. The minimum absolute atomic E-state index is 0.0964. The van der Waals surface area contributed by atoms with Crippen molar-refractivity contribution in [2.24, 2.45) is 0 Å². The molecule has 0 aliphatic heterocycles. The number of allylic oxidation sites excluding steroid dienone is 2. The van der Waals surface area contributed by atoms with Crippen LogP contribution in [0.4, 0.5) is 9.18 Å². The zero-order valence-corrected chi connectivity index (χ0v) is 27.6. The predicted molar refractivity (Wildman–Crippen MR) is 176 cm³/mol. The van der Waals surface area contributed by atoms with E-state index in [1.54, 1.807) is 45.9 Å². The standard InChI is InChI=1S/C38H46FNO5/c1-25(40-36(42)45-38(5,6)7)31-17-13-18-32(35(31)39)30-21-26(20-29(22-30)27-14-9-8-10-15-27)24-43-33-19-12-11-16-28(33)23-34(41)44-37(2,3)4/h11-14,16-22,25H,8-10,15,23-24H2,1-7H3,(H,40,42). The summed E-state index contributed by atoms with van der Waals surface area (Å²) >= 11 is 0. The van der Waals surface area contributed by atoms with Gasteiger partial charge in [0.15, 0.2) is 0 Å². The molecule has 1 aliphatic rings.